The van der Waals surface area contributed by atoms with E-state index in [9.17, 15) is 0 Å². The second-order valence-electron chi connectivity index (χ2n) is 1.000. The zero-order valence-corrected chi connectivity index (χ0v) is 10.2. The van der Waals surface area contributed by atoms with Crippen LogP contribution in [0, 0.1) is 28.7 Å². The van der Waals surface area contributed by atoms with Gasteiger partial charge < -0.3 is 28.7 Å². The topological polar surface area (TPSA) is 0 Å². The molecule has 0 radical (unpaired) electrons. The Bertz CT molecular complexity index is 6.53. The fourth-order valence-electron chi connectivity index (χ4n) is 0. The number of rotatable bonds is 0. The predicted molar refractivity (Wildman–Crippen MR) is 44.1 cm³/mol. The monoisotopic (exact) mass is 300 g/mol. The number of hydrogen-bond acceptors (Lipinski definition) is 0. The standard InChI is InChI=1S/2C3H7.2CH3.W/c2*1-3-2;;;/h2*1,3H2,2H3;2*1H3;/q4*-1;. The van der Waals surface area contributed by atoms with Crippen molar-refractivity contribution in [2.75, 3.05) is 0 Å². The molecule has 0 fully saturated rings. The van der Waals surface area contributed by atoms with Crippen LogP contribution in [0.3, 0.4) is 0 Å². The smallest absolute Gasteiger partial charge is 0 e. The Labute approximate surface area is 76.7 Å². The fourth-order valence-corrected chi connectivity index (χ4v) is 0. The molecule has 0 aliphatic carbocycles. The van der Waals surface area contributed by atoms with Gasteiger partial charge in [-0.3, -0.25) is 0 Å². The Morgan fingerprint density at radius 2 is 0.889 bits per heavy atom. The first-order chi connectivity index (χ1) is 2.83. The second kappa shape index (κ2) is 71.1. The Kier molecular flexibility index (Phi) is 263. The average molecular weight is 300 g/mol. The zero-order chi connectivity index (χ0) is 5.41. The molecule has 0 aromatic rings. The van der Waals surface area contributed by atoms with Gasteiger partial charge in [0.15, 0.2) is 0 Å². The minimum atomic E-state index is 0. The first-order valence-corrected chi connectivity index (χ1v) is 2.41. The summed E-state index contributed by atoms with van der Waals surface area (Å²) in [5, 5.41) is 0. The van der Waals surface area contributed by atoms with Crippen molar-refractivity contribution in [3.05, 3.63) is 28.7 Å². The maximum Gasteiger partial charge on any atom is 0 e. The summed E-state index contributed by atoms with van der Waals surface area (Å²) >= 11 is 0. The van der Waals surface area contributed by atoms with E-state index in [1.165, 1.54) is 0 Å². The maximum absolute atomic E-state index is 3.49. The normalized spacial score (nSPS) is 4.00. The van der Waals surface area contributed by atoms with E-state index < -0.39 is 0 Å². The average Bonchev–Trinajstić information content (AvgIpc) is 1.39. The first-order valence-electron chi connectivity index (χ1n) is 2.41. The van der Waals surface area contributed by atoms with Crippen LogP contribution < -0.4 is 0 Å². The molecule has 0 bridgehead atoms. The molecular weight excluding hydrogens is 280 g/mol. The van der Waals surface area contributed by atoms with Crippen LogP contribution in [0.15, 0.2) is 0 Å². The van der Waals surface area contributed by atoms with Gasteiger partial charge >= 0.3 is 0 Å². The Morgan fingerprint density at radius 1 is 0.889 bits per heavy atom. The van der Waals surface area contributed by atoms with E-state index in [1.54, 1.807) is 0 Å². The van der Waals surface area contributed by atoms with Gasteiger partial charge in [0.1, 0.15) is 0 Å². The van der Waals surface area contributed by atoms with Gasteiger partial charge in [0.05, 0.1) is 0 Å². The molecule has 0 aliphatic heterocycles. The van der Waals surface area contributed by atoms with Gasteiger partial charge in [0.25, 0.3) is 0 Å². The van der Waals surface area contributed by atoms with E-state index in [0.717, 1.165) is 12.8 Å². The molecular formula is C8H20W-4. The summed E-state index contributed by atoms with van der Waals surface area (Å²) in [6.45, 7) is 11.0. The number of hydrogen-bond donors (Lipinski definition) is 0. The molecule has 0 aliphatic rings. The van der Waals surface area contributed by atoms with Gasteiger partial charge in [-0.15, -0.1) is 0 Å². The van der Waals surface area contributed by atoms with Crippen LogP contribution in [0.25, 0.3) is 0 Å². The molecule has 0 aromatic carbocycles. The third kappa shape index (κ3) is 820. The molecule has 62 valence electrons. The summed E-state index contributed by atoms with van der Waals surface area (Å²) in [6.07, 6.45) is 2.00. The molecule has 0 spiro atoms. The van der Waals surface area contributed by atoms with Crippen molar-refractivity contribution in [2.45, 2.75) is 26.7 Å². The van der Waals surface area contributed by atoms with E-state index in [0.29, 0.717) is 0 Å². The molecule has 0 saturated heterocycles. The molecule has 0 atom stereocenters. The summed E-state index contributed by atoms with van der Waals surface area (Å²) in [6, 6.07) is 0. The summed E-state index contributed by atoms with van der Waals surface area (Å²) < 4.78 is 0. The van der Waals surface area contributed by atoms with E-state index >= 15 is 0 Å². The SMILES string of the molecule is [CH2-]CC.[CH2-]CC.[CH3-].[CH3-].[W]. The van der Waals surface area contributed by atoms with Gasteiger partial charge in [-0.2, -0.15) is 12.8 Å². The quantitative estimate of drug-likeness (QED) is 0.602. The maximum atomic E-state index is 3.49. The third-order valence-corrected chi connectivity index (χ3v) is 0. The molecule has 0 heterocycles. The van der Waals surface area contributed by atoms with Gasteiger partial charge in [-0.25, -0.2) is 0 Å². The van der Waals surface area contributed by atoms with Crippen molar-refractivity contribution in [3.63, 3.8) is 0 Å². The Hall–Kier alpha value is 0.688. The van der Waals surface area contributed by atoms with Crippen molar-refractivity contribution >= 4 is 0 Å². The molecule has 0 saturated carbocycles. The molecule has 0 unspecified atom stereocenters. The van der Waals surface area contributed by atoms with Crippen LogP contribution in [0.1, 0.15) is 26.7 Å². The van der Waals surface area contributed by atoms with Crippen LogP contribution in [-0.4, -0.2) is 0 Å². The van der Waals surface area contributed by atoms with E-state index in [2.05, 4.69) is 13.8 Å². The molecule has 0 amide bonds. The van der Waals surface area contributed by atoms with Crippen molar-refractivity contribution in [3.8, 4) is 0 Å². The van der Waals surface area contributed by atoms with Crippen LogP contribution in [0.5, 0.6) is 0 Å². The molecule has 1 heteroatoms. The van der Waals surface area contributed by atoms with Gasteiger partial charge in [-0.05, 0) is 0 Å². The Morgan fingerprint density at radius 3 is 0.889 bits per heavy atom. The van der Waals surface area contributed by atoms with E-state index in [1.807, 2.05) is 13.8 Å². The van der Waals surface area contributed by atoms with E-state index in [-0.39, 0.29) is 35.9 Å². The van der Waals surface area contributed by atoms with Crippen LogP contribution >= 0.6 is 0 Å². The van der Waals surface area contributed by atoms with Crippen molar-refractivity contribution < 1.29 is 21.1 Å². The first kappa shape index (κ1) is 33.3. The summed E-state index contributed by atoms with van der Waals surface area (Å²) in [5.41, 5.74) is 0. The molecule has 0 nitrogen and oxygen atoms in total. The minimum Gasteiger partial charge on any atom is -0.358 e. The minimum absolute atomic E-state index is 0. The molecule has 0 rings (SSSR count). The fraction of sp³-hybridized carbons (Fsp3) is 0.500. The van der Waals surface area contributed by atoms with Crippen molar-refractivity contribution in [1.29, 1.82) is 0 Å². The third-order valence-electron chi connectivity index (χ3n) is 0. The second-order valence-corrected chi connectivity index (χ2v) is 1.000. The van der Waals surface area contributed by atoms with Crippen LogP contribution in [0.2, 0.25) is 0 Å². The van der Waals surface area contributed by atoms with Crippen LogP contribution in [0.4, 0.5) is 0 Å². The summed E-state index contributed by atoms with van der Waals surface area (Å²) in [5.74, 6) is 0. The van der Waals surface area contributed by atoms with Crippen molar-refractivity contribution in [2.24, 2.45) is 0 Å². The van der Waals surface area contributed by atoms with Crippen LogP contribution in [-0.2, 0) is 21.1 Å². The van der Waals surface area contributed by atoms with Gasteiger partial charge in [-0.1, -0.05) is 13.8 Å². The van der Waals surface area contributed by atoms with Gasteiger partial charge in [0.2, 0.25) is 0 Å². The summed E-state index contributed by atoms with van der Waals surface area (Å²) in [4.78, 5) is 0. The summed E-state index contributed by atoms with van der Waals surface area (Å²) in [7, 11) is 0. The molecule has 0 aromatic heterocycles. The van der Waals surface area contributed by atoms with Gasteiger partial charge in [0, 0.05) is 21.1 Å². The predicted octanol–water partition coefficient (Wildman–Crippen LogP) is 3.36. The van der Waals surface area contributed by atoms with Crippen molar-refractivity contribution in [1.82, 2.24) is 0 Å². The zero-order valence-electron chi connectivity index (χ0n) is 7.24. The molecule has 9 heavy (non-hydrogen) atoms. The largest absolute Gasteiger partial charge is 0.358 e. The Balaban J connectivity index is -0.00000000889. The molecule has 0 N–H and O–H groups in total. The van der Waals surface area contributed by atoms with E-state index in [4.69, 9.17) is 0 Å².